The molecule has 0 saturated heterocycles. The minimum atomic E-state index is -0.468. The second kappa shape index (κ2) is 11.7. The first-order valence-electron chi connectivity index (χ1n) is 12.7. The number of hydrogen-bond donors (Lipinski definition) is 0. The van der Waals surface area contributed by atoms with Gasteiger partial charge in [0.05, 0.1) is 33.9 Å². The number of nitro benzene ring substituents is 3. The number of nitrogens with zero attached hydrogens (tertiary/aromatic N) is 6. The highest BCUT2D eigenvalue weighted by molar-refractivity contribution is 5.91. The van der Waals surface area contributed by atoms with E-state index in [1.54, 1.807) is 54.3 Å². The van der Waals surface area contributed by atoms with Crippen molar-refractivity contribution < 1.29 is 19.5 Å². The number of anilines is 1. The van der Waals surface area contributed by atoms with E-state index in [1.807, 2.05) is 17.0 Å². The van der Waals surface area contributed by atoms with Crippen molar-refractivity contribution in [3.8, 4) is 5.75 Å². The van der Waals surface area contributed by atoms with Crippen molar-refractivity contribution in [2.45, 2.75) is 19.6 Å². The highest BCUT2D eigenvalue weighted by Crippen LogP contribution is 2.33. The van der Waals surface area contributed by atoms with Crippen LogP contribution in [0, 0.1) is 30.3 Å². The van der Waals surface area contributed by atoms with Gasteiger partial charge in [0.25, 0.3) is 17.1 Å². The third-order valence-electron chi connectivity index (χ3n) is 6.68. The fraction of sp³-hybridized carbons (Fsp3) is 0.138. The van der Waals surface area contributed by atoms with E-state index in [1.165, 1.54) is 36.4 Å². The normalized spacial score (nSPS) is 10.9. The average Bonchev–Trinajstić information content (AvgIpc) is 3.34. The molecule has 1 aromatic heterocycles. The Kier molecular flexibility index (Phi) is 7.73. The maximum absolute atomic E-state index is 11.4. The molecule has 0 aliphatic heterocycles. The van der Waals surface area contributed by atoms with Gasteiger partial charge in [-0.15, -0.1) is 0 Å². The van der Waals surface area contributed by atoms with Crippen molar-refractivity contribution in [2.75, 3.05) is 12.0 Å². The van der Waals surface area contributed by atoms with Crippen LogP contribution in [0.15, 0.2) is 91.0 Å². The first kappa shape index (κ1) is 27.7. The van der Waals surface area contributed by atoms with Crippen LogP contribution in [0.25, 0.3) is 10.9 Å². The predicted molar refractivity (Wildman–Crippen MR) is 155 cm³/mol. The van der Waals surface area contributed by atoms with Crippen LogP contribution in [0.4, 0.5) is 22.9 Å². The van der Waals surface area contributed by atoms with E-state index >= 15 is 0 Å². The fourth-order valence-corrected chi connectivity index (χ4v) is 4.74. The molecule has 4 aromatic carbocycles. The Morgan fingerprint density at radius 1 is 0.714 bits per heavy atom. The summed E-state index contributed by atoms with van der Waals surface area (Å²) in [6.45, 7) is 0.630. The second-order valence-corrected chi connectivity index (χ2v) is 9.50. The monoisotopic (exact) mass is 568 g/mol. The van der Waals surface area contributed by atoms with Gasteiger partial charge in [-0.3, -0.25) is 35.0 Å². The number of rotatable bonds is 11. The zero-order valence-corrected chi connectivity index (χ0v) is 22.3. The Hall–Kier alpha value is -5.85. The Bertz CT molecular complexity index is 1760. The molecule has 0 atom stereocenters. The Morgan fingerprint density at radius 2 is 1.21 bits per heavy atom. The van der Waals surface area contributed by atoms with Crippen molar-refractivity contribution in [1.29, 1.82) is 0 Å². The maximum atomic E-state index is 11.4. The van der Waals surface area contributed by atoms with E-state index in [4.69, 9.17) is 9.84 Å². The van der Waals surface area contributed by atoms with E-state index in [0.29, 0.717) is 33.8 Å². The zero-order chi connectivity index (χ0) is 29.8. The number of nitro groups is 3. The Labute approximate surface area is 238 Å². The van der Waals surface area contributed by atoms with Crippen molar-refractivity contribution in [3.63, 3.8) is 0 Å². The summed E-state index contributed by atoms with van der Waals surface area (Å²) < 4.78 is 7.15. The van der Waals surface area contributed by atoms with Crippen molar-refractivity contribution in [3.05, 3.63) is 138 Å². The van der Waals surface area contributed by atoms with Gasteiger partial charge in [0, 0.05) is 60.9 Å². The van der Waals surface area contributed by atoms with E-state index in [0.717, 1.165) is 5.39 Å². The first-order valence-corrected chi connectivity index (χ1v) is 12.7. The molecular weight excluding hydrogens is 544 g/mol. The summed E-state index contributed by atoms with van der Waals surface area (Å²) in [6.07, 6.45) is 0. The summed E-state index contributed by atoms with van der Waals surface area (Å²) in [5, 5.41) is 39.9. The van der Waals surface area contributed by atoms with E-state index in [9.17, 15) is 30.3 Å². The summed E-state index contributed by atoms with van der Waals surface area (Å²) in [5.41, 5.74) is 2.47. The topological polar surface area (TPSA) is 160 Å². The minimum absolute atomic E-state index is 0.0419. The number of hydrogen-bond acceptors (Lipinski definition) is 9. The molecule has 0 aliphatic carbocycles. The molecule has 212 valence electrons. The van der Waals surface area contributed by atoms with Crippen LogP contribution in [-0.4, -0.2) is 31.7 Å². The van der Waals surface area contributed by atoms with Crippen LogP contribution in [0.2, 0.25) is 0 Å². The smallest absolute Gasteiger partial charge is 0.269 e. The van der Waals surface area contributed by atoms with Crippen LogP contribution >= 0.6 is 0 Å². The summed E-state index contributed by atoms with van der Waals surface area (Å²) in [5.74, 6) is 1.11. The molecular formula is C29H24N6O7. The van der Waals surface area contributed by atoms with Gasteiger partial charge in [0.15, 0.2) is 5.82 Å². The van der Waals surface area contributed by atoms with Gasteiger partial charge < -0.3 is 9.64 Å². The van der Waals surface area contributed by atoms with Gasteiger partial charge >= 0.3 is 0 Å². The van der Waals surface area contributed by atoms with Gasteiger partial charge in [0.1, 0.15) is 5.75 Å². The molecule has 0 spiro atoms. The number of fused-ring (bicyclic) bond motifs is 1. The van der Waals surface area contributed by atoms with Crippen molar-refractivity contribution in [2.24, 2.45) is 0 Å². The lowest BCUT2D eigenvalue weighted by molar-refractivity contribution is -0.385. The quantitative estimate of drug-likeness (QED) is 0.137. The molecule has 1 heterocycles. The third kappa shape index (κ3) is 5.99. The molecule has 0 saturated carbocycles. The molecule has 0 unspecified atom stereocenters. The predicted octanol–water partition coefficient (Wildman–Crippen LogP) is 6.02. The van der Waals surface area contributed by atoms with Crippen molar-refractivity contribution >= 4 is 33.8 Å². The van der Waals surface area contributed by atoms with Crippen LogP contribution in [0.5, 0.6) is 5.75 Å². The summed E-state index contributed by atoms with van der Waals surface area (Å²) >= 11 is 0. The van der Waals surface area contributed by atoms with Gasteiger partial charge in [-0.1, -0.05) is 36.4 Å². The highest BCUT2D eigenvalue weighted by Gasteiger charge is 2.21. The molecule has 0 fully saturated rings. The highest BCUT2D eigenvalue weighted by atomic mass is 16.6. The number of ether oxygens (including phenoxy) is 1. The lowest BCUT2D eigenvalue weighted by Crippen LogP contribution is -2.23. The van der Waals surface area contributed by atoms with E-state index in [2.05, 4.69) is 0 Å². The number of benzene rings is 4. The van der Waals surface area contributed by atoms with Gasteiger partial charge in [-0.05, 0) is 28.8 Å². The Balaban J connectivity index is 1.62. The molecule has 0 aliphatic rings. The molecule has 5 aromatic rings. The lowest BCUT2D eigenvalue weighted by Gasteiger charge is -2.23. The van der Waals surface area contributed by atoms with Crippen molar-refractivity contribution in [1.82, 2.24) is 9.78 Å². The average molecular weight is 569 g/mol. The second-order valence-electron chi connectivity index (χ2n) is 9.50. The zero-order valence-electron chi connectivity index (χ0n) is 22.3. The number of aromatic nitrogens is 2. The largest absolute Gasteiger partial charge is 0.497 e. The van der Waals surface area contributed by atoms with Crippen LogP contribution in [0.3, 0.4) is 0 Å². The van der Waals surface area contributed by atoms with Crippen LogP contribution in [-0.2, 0) is 19.6 Å². The third-order valence-corrected chi connectivity index (χ3v) is 6.68. The fourth-order valence-electron chi connectivity index (χ4n) is 4.74. The SMILES string of the molecule is COc1ccc2c(N(Cc3cccc([N+](=O)[O-])c3)Cc3cccc([N+](=O)[O-])c3)nn(Cc3cccc([N+](=O)[O-])c3)c2c1. The molecule has 13 nitrogen and oxygen atoms in total. The van der Waals surface area contributed by atoms with Crippen LogP contribution in [0.1, 0.15) is 16.7 Å². The summed E-state index contributed by atoms with van der Waals surface area (Å²) in [4.78, 5) is 34.7. The molecule has 0 N–H and O–H groups in total. The summed E-state index contributed by atoms with van der Waals surface area (Å²) in [7, 11) is 1.54. The molecule has 13 heteroatoms. The molecule has 0 bridgehead atoms. The first-order chi connectivity index (χ1) is 20.2. The summed E-state index contributed by atoms with van der Waals surface area (Å²) in [6, 6.07) is 24.2. The lowest BCUT2D eigenvalue weighted by atomic mass is 10.1. The molecule has 42 heavy (non-hydrogen) atoms. The molecule has 0 radical (unpaired) electrons. The molecule has 5 rings (SSSR count). The minimum Gasteiger partial charge on any atom is -0.497 e. The van der Waals surface area contributed by atoms with E-state index in [-0.39, 0.29) is 36.7 Å². The van der Waals surface area contributed by atoms with Gasteiger partial charge in [-0.2, -0.15) is 5.10 Å². The Morgan fingerprint density at radius 3 is 1.71 bits per heavy atom. The van der Waals surface area contributed by atoms with Gasteiger partial charge in [0.2, 0.25) is 0 Å². The van der Waals surface area contributed by atoms with Gasteiger partial charge in [-0.25, -0.2) is 0 Å². The van der Waals surface area contributed by atoms with Crippen LogP contribution < -0.4 is 9.64 Å². The maximum Gasteiger partial charge on any atom is 0.269 e. The number of non-ortho nitro benzene ring substituents is 3. The van der Waals surface area contributed by atoms with E-state index < -0.39 is 14.8 Å². The number of methoxy groups -OCH3 is 1. The molecule has 0 amide bonds. The standard InChI is InChI=1S/C29H24N6O7/c1-42-26-11-12-27-28(16-26)32(19-22-7-4-10-25(15-22)35(40)41)30-29(27)31(17-20-5-2-8-23(13-20)33(36)37)18-21-6-3-9-24(14-21)34(38)39/h2-16H,17-19H2,1H3.